The summed E-state index contributed by atoms with van der Waals surface area (Å²) in [4.78, 5) is 13.2. The fraction of sp³-hybridized carbons (Fsp3) is 0.900. The molecule has 1 aliphatic heterocycles. The van der Waals surface area contributed by atoms with E-state index in [1.54, 1.807) is 26.0 Å². The average Bonchev–Trinajstić information content (AvgIpc) is 2.28. The van der Waals surface area contributed by atoms with Gasteiger partial charge >= 0.3 is 6.09 Å². The van der Waals surface area contributed by atoms with E-state index >= 15 is 0 Å². The van der Waals surface area contributed by atoms with Crippen molar-refractivity contribution < 1.29 is 19.0 Å². The summed E-state index contributed by atoms with van der Waals surface area (Å²) in [5, 5.41) is 0. The molecule has 0 aromatic heterocycles. The molecule has 0 N–H and O–H groups in total. The van der Waals surface area contributed by atoms with Gasteiger partial charge in [0, 0.05) is 27.2 Å². The van der Waals surface area contributed by atoms with Gasteiger partial charge in [0.15, 0.2) is 0 Å². The number of hydrogen-bond acceptors (Lipinski definition) is 4. The third-order valence-electron chi connectivity index (χ3n) is 2.61. The standard InChI is InChI=1S/C10H19NO4/c1-4-15-10(12)11-6-5-8(13-2)7-9(11)14-3/h8-9H,4-7H2,1-3H3. The first kappa shape index (κ1) is 12.3. The van der Waals surface area contributed by atoms with Gasteiger partial charge in [-0.05, 0) is 13.3 Å². The fourth-order valence-electron chi connectivity index (χ4n) is 1.75. The summed E-state index contributed by atoms with van der Waals surface area (Å²) in [6.07, 6.45) is 1.16. The van der Waals surface area contributed by atoms with E-state index in [0.717, 1.165) is 6.42 Å². The SMILES string of the molecule is CCOC(=O)N1CCC(OC)CC1OC. The molecule has 1 amide bonds. The molecule has 5 nitrogen and oxygen atoms in total. The van der Waals surface area contributed by atoms with Gasteiger partial charge < -0.3 is 14.2 Å². The van der Waals surface area contributed by atoms with Gasteiger partial charge in [-0.3, -0.25) is 4.90 Å². The van der Waals surface area contributed by atoms with Crippen LogP contribution in [-0.4, -0.2) is 50.7 Å². The fourth-order valence-corrected chi connectivity index (χ4v) is 1.75. The van der Waals surface area contributed by atoms with E-state index in [-0.39, 0.29) is 18.4 Å². The first-order chi connectivity index (χ1) is 7.22. The van der Waals surface area contributed by atoms with Crippen LogP contribution in [-0.2, 0) is 14.2 Å². The minimum Gasteiger partial charge on any atom is -0.450 e. The molecule has 0 aromatic carbocycles. The molecule has 2 unspecified atom stereocenters. The molecule has 1 heterocycles. The lowest BCUT2D eigenvalue weighted by Crippen LogP contribution is -2.49. The molecule has 5 heteroatoms. The Balaban J connectivity index is 2.53. The van der Waals surface area contributed by atoms with Gasteiger partial charge in [0.2, 0.25) is 0 Å². The number of piperidine rings is 1. The van der Waals surface area contributed by atoms with Crippen molar-refractivity contribution in [1.82, 2.24) is 4.90 Å². The number of carbonyl (C=O) groups is 1. The summed E-state index contributed by atoms with van der Waals surface area (Å²) in [6.45, 7) is 2.80. The van der Waals surface area contributed by atoms with Gasteiger partial charge in [-0.2, -0.15) is 0 Å². The lowest BCUT2D eigenvalue weighted by molar-refractivity contribution is -0.0890. The van der Waals surface area contributed by atoms with E-state index in [2.05, 4.69) is 0 Å². The molecule has 0 aromatic rings. The Morgan fingerprint density at radius 2 is 2.13 bits per heavy atom. The summed E-state index contributed by atoms with van der Waals surface area (Å²) < 4.78 is 15.4. The van der Waals surface area contributed by atoms with Crippen LogP contribution >= 0.6 is 0 Å². The van der Waals surface area contributed by atoms with Crippen molar-refractivity contribution in [2.75, 3.05) is 27.4 Å². The summed E-state index contributed by atoms with van der Waals surface area (Å²) in [7, 11) is 3.27. The zero-order valence-corrected chi connectivity index (χ0v) is 9.56. The number of hydrogen-bond donors (Lipinski definition) is 0. The second-order valence-corrected chi connectivity index (χ2v) is 3.46. The van der Waals surface area contributed by atoms with Crippen LogP contribution in [0.1, 0.15) is 19.8 Å². The van der Waals surface area contributed by atoms with Crippen LogP contribution in [0, 0.1) is 0 Å². The van der Waals surface area contributed by atoms with Crippen molar-refractivity contribution >= 4 is 6.09 Å². The predicted octanol–water partition coefficient (Wildman–Crippen LogP) is 1.23. The van der Waals surface area contributed by atoms with Crippen LogP contribution in [0.25, 0.3) is 0 Å². The third-order valence-corrected chi connectivity index (χ3v) is 2.61. The molecular formula is C10H19NO4. The van der Waals surface area contributed by atoms with E-state index in [1.807, 2.05) is 0 Å². The second kappa shape index (κ2) is 5.92. The van der Waals surface area contributed by atoms with Crippen LogP contribution in [0.3, 0.4) is 0 Å². The van der Waals surface area contributed by atoms with E-state index < -0.39 is 0 Å². The van der Waals surface area contributed by atoms with E-state index in [0.29, 0.717) is 19.6 Å². The number of likely N-dealkylation sites (tertiary alicyclic amines) is 1. The van der Waals surface area contributed by atoms with Crippen molar-refractivity contribution in [3.8, 4) is 0 Å². The van der Waals surface area contributed by atoms with Gasteiger partial charge in [-0.15, -0.1) is 0 Å². The topological polar surface area (TPSA) is 48.0 Å². The van der Waals surface area contributed by atoms with Gasteiger partial charge in [0.25, 0.3) is 0 Å². The molecule has 0 radical (unpaired) electrons. The molecule has 1 rings (SSSR count). The lowest BCUT2D eigenvalue weighted by atomic mass is 10.1. The highest BCUT2D eigenvalue weighted by atomic mass is 16.6. The molecule has 0 saturated carbocycles. The van der Waals surface area contributed by atoms with Crippen molar-refractivity contribution in [2.45, 2.75) is 32.1 Å². The average molecular weight is 217 g/mol. The molecule has 88 valence electrons. The maximum absolute atomic E-state index is 11.5. The Hall–Kier alpha value is -0.810. The number of carbonyl (C=O) groups excluding carboxylic acids is 1. The first-order valence-corrected chi connectivity index (χ1v) is 5.21. The van der Waals surface area contributed by atoms with Crippen LogP contribution in [0.15, 0.2) is 0 Å². The van der Waals surface area contributed by atoms with Crippen LogP contribution in [0.4, 0.5) is 4.79 Å². The minimum absolute atomic E-state index is 0.167. The van der Waals surface area contributed by atoms with Crippen LogP contribution in [0.5, 0.6) is 0 Å². The zero-order valence-electron chi connectivity index (χ0n) is 9.56. The predicted molar refractivity (Wildman–Crippen MR) is 54.6 cm³/mol. The number of nitrogens with zero attached hydrogens (tertiary/aromatic N) is 1. The van der Waals surface area contributed by atoms with Crippen molar-refractivity contribution in [3.63, 3.8) is 0 Å². The Morgan fingerprint density at radius 3 is 2.67 bits per heavy atom. The summed E-state index contributed by atoms with van der Waals surface area (Å²) >= 11 is 0. The van der Waals surface area contributed by atoms with Gasteiger partial charge in [0.1, 0.15) is 6.23 Å². The third kappa shape index (κ3) is 3.07. The Labute approximate surface area is 90.3 Å². The number of rotatable bonds is 3. The van der Waals surface area contributed by atoms with Crippen molar-refractivity contribution in [3.05, 3.63) is 0 Å². The zero-order chi connectivity index (χ0) is 11.3. The van der Waals surface area contributed by atoms with Gasteiger partial charge in [-0.25, -0.2) is 4.79 Å². The number of methoxy groups -OCH3 is 2. The van der Waals surface area contributed by atoms with Gasteiger partial charge in [-0.1, -0.05) is 0 Å². The monoisotopic (exact) mass is 217 g/mol. The molecule has 15 heavy (non-hydrogen) atoms. The highest BCUT2D eigenvalue weighted by Crippen LogP contribution is 2.20. The highest BCUT2D eigenvalue weighted by Gasteiger charge is 2.32. The Morgan fingerprint density at radius 1 is 1.40 bits per heavy atom. The largest absolute Gasteiger partial charge is 0.450 e. The maximum Gasteiger partial charge on any atom is 0.411 e. The quantitative estimate of drug-likeness (QED) is 0.713. The lowest BCUT2D eigenvalue weighted by Gasteiger charge is -2.36. The second-order valence-electron chi connectivity index (χ2n) is 3.46. The number of amides is 1. The van der Waals surface area contributed by atoms with Crippen LogP contribution < -0.4 is 0 Å². The van der Waals surface area contributed by atoms with E-state index in [4.69, 9.17) is 14.2 Å². The number of ether oxygens (including phenoxy) is 3. The molecule has 0 spiro atoms. The minimum atomic E-state index is -0.307. The molecular weight excluding hydrogens is 198 g/mol. The molecule has 2 atom stereocenters. The van der Waals surface area contributed by atoms with E-state index in [9.17, 15) is 4.79 Å². The van der Waals surface area contributed by atoms with Crippen molar-refractivity contribution in [1.29, 1.82) is 0 Å². The Kier molecular flexibility index (Phi) is 4.84. The summed E-state index contributed by atoms with van der Waals surface area (Å²) in [6, 6.07) is 0. The molecule has 1 saturated heterocycles. The Bertz CT molecular complexity index is 210. The van der Waals surface area contributed by atoms with Crippen molar-refractivity contribution in [2.24, 2.45) is 0 Å². The van der Waals surface area contributed by atoms with Crippen LogP contribution in [0.2, 0.25) is 0 Å². The smallest absolute Gasteiger partial charge is 0.411 e. The highest BCUT2D eigenvalue weighted by molar-refractivity contribution is 5.67. The summed E-state index contributed by atoms with van der Waals surface area (Å²) in [5.74, 6) is 0. The first-order valence-electron chi connectivity index (χ1n) is 5.21. The summed E-state index contributed by atoms with van der Waals surface area (Å²) in [5.41, 5.74) is 0. The van der Waals surface area contributed by atoms with Gasteiger partial charge in [0.05, 0.1) is 12.7 Å². The molecule has 1 fully saturated rings. The maximum atomic E-state index is 11.5. The normalized spacial score (nSPS) is 26.5. The molecule has 1 aliphatic rings. The molecule has 0 aliphatic carbocycles. The van der Waals surface area contributed by atoms with E-state index in [1.165, 1.54) is 0 Å². The molecule has 0 bridgehead atoms.